The zero-order valence-corrected chi connectivity index (χ0v) is 49.3. The molecule has 6 aromatic rings. The molecule has 3 N–H and O–H groups in total. The van der Waals surface area contributed by atoms with Gasteiger partial charge in [-0.15, -0.1) is 0 Å². The van der Waals surface area contributed by atoms with E-state index in [-0.39, 0.29) is 71.6 Å². The van der Waals surface area contributed by atoms with Crippen LogP contribution in [0.25, 0.3) is 22.3 Å². The van der Waals surface area contributed by atoms with Crippen molar-refractivity contribution in [2.24, 2.45) is 0 Å². The van der Waals surface area contributed by atoms with Gasteiger partial charge in [-0.05, 0) is 164 Å². The van der Waals surface area contributed by atoms with Gasteiger partial charge >= 0.3 is 0 Å². The lowest BCUT2D eigenvalue weighted by molar-refractivity contribution is -0.136. The number of hydrogen-bond donors (Lipinski definition) is 3. The number of imide groups is 2. The Labute approximate surface area is 498 Å². The van der Waals surface area contributed by atoms with Gasteiger partial charge in [-0.25, -0.2) is 14.4 Å². The van der Waals surface area contributed by atoms with Crippen LogP contribution in [0, 0.1) is 12.7 Å². The SMILES string of the molecule is Cc1cc(F)c(Nc2nc(-c3ccc4c(c3)N(C3CC(N5CCCCC5)C3)C(=O)C43CCN(C(=O)c4ccc(OC5CCN(c6cccc7c6C(=O)N(C6CCC(=O)NC6=O)C7=O)CC5)cc4)CC3)cc3ncn(C(C)C)c23)cc1C(=O)NC(C)C. The number of carbonyl (C=O) groups excluding carboxylic acids is 7. The first-order valence-corrected chi connectivity index (χ1v) is 30.6. The van der Waals surface area contributed by atoms with Crippen molar-refractivity contribution in [1.82, 2.24) is 39.9 Å². The molecule has 1 saturated carbocycles. The third kappa shape index (κ3) is 10.0. The molecule has 7 aliphatic rings. The molecule has 1 aliphatic carbocycles. The topological polar surface area (TPSA) is 212 Å². The highest BCUT2D eigenvalue weighted by Crippen LogP contribution is 2.52. The molecule has 1 atom stereocenters. The number of amides is 7. The number of imidazole rings is 1. The van der Waals surface area contributed by atoms with Crippen LogP contribution in [0.1, 0.15) is 157 Å². The maximum atomic E-state index is 16.0. The highest BCUT2D eigenvalue weighted by molar-refractivity contribution is 6.25. The average molecular weight is 1170 g/mol. The number of piperidine rings is 4. The fourth-order valence-electron chi connectivity index (χ4n) is 14.2. The number of rotatable bonds is 13. The molecule has 0 bridgehead atoms. The lowest BCUT2D eigenvalue weighted by atomic mass is 9.73. The number of anilines is 4. The van der Waals surface area contributed by atoms with E-state index in [1.165, 1.54) is 31.4 Å². The predicted octanol–water partition coefficient (Wildman–Crippen LogP) is 9.00. The average Bonchev–Trinajstić information content (AvgIpc) is 1.60. The second kappa shape index (κ2) is 22.4. The molecule has 446 valence electrons. The van der Waals surface area contributed by atoms with Gasteiger partial charge in [-0.2, -0.15) is 0 Å². The maximum Gasteiger partial charge on any atom is 0.264 e. The highest BCUT2D eigenvalue weighted by Gasteiger charge is 2.56. The van der Waals surface area contributed by atoms with Gasteiger partial charge in [0.05, 0.1) is 45.5 Å². The van der Waals surface area contributed by atoms with E-state index in [0.717, 1.165) is 47.6 Å². The number of ether oxygens (including phenoxy) is 1. The Balaban J connectivity index is 0.709. The van der Waals surface area contributed by atoms with Crippen molar-refractivity contribution < 1.29 is 42.7 Å². The summed E-state index contributed by atoms with van der Waals surface area (Å²) in [5.74, 6) is -2.01. The highest BCUT2D eigenvalue weighted by atomic mass is 19.1. The molecule has 2 aromatic heterocycles. The molecule has 8 heterocycles. The van der Waals surface area contributed by atoms with Crippen LogP contribution in [0.4, 0.5) is 27.3 Å². The summed E-state index contributed by atoms with van der Waals surface area (Å²) >= 11 is 0. The summed E-state index contributed by atoms with van der Waals surface area (Å²) in [6.45, 7) is 13.6. The number of likely N-dealkylation sites (tertiary alicyclic amines) is 2. The van der Waals surface area contributed by atoms with Gasteiger partial charge in [0.15, 0.2) is 5.82 Å². The Bertz CT molecular complexity index is 3760. The Morgan fingerprint density at radius 2 is 1.53 bits per heavy atom. The van der Waals surface area contributed by atoms with E-state index in [0.29, 0.717) is 109 Å². The van der Waals surface area contributed by atoms with Gasteiger partial charge < -0.3 is 39.5 Å². The molecule has 7 amide bonds. The zero-order valence-electron chi connectivity index (χ0n) is 49.3. The van der Waals surface area contributed by atoms with Crippen LogP contribution in [-0.2, 0) is 19.8 Å². The minimum absolute atomic E-state index is 0.00125. The molecule has 5 fully saturated rings. The van der Waals surface area contributed by atoms with Crippen LogP contribution in [0.3, 0.4) is 0 Å². The molecule has 1 unspecified atom stereocenters. The van der Waals surface area contributed by atoms with Crippen molar-refractivity contribution in [2.45, 2.75) is 147 Å². The number of fused-ring (bicyclic) bond motifs is 4. The van der Waals surface area contributed by atoms with Gasteiger partial charge in [-0.1, -0.05) is 24.6 Å². The summed E-state index contributed by atoms with van der Waals surface area (Å²) in [4.78, 5) is 114. The summed E-state index contributed by atoms with van der Waals surface area (Å²) in [5, 5.41) is 8.45. The molecule has 4 aromatic carbocycles. The van der Waals surface area contributed by atoms with E-state index in [9.17, 15) is 28.8 Å². The molecule has 20 heteroatoms. The first-order chi connectivity index (χ1) is 41.4. The number of aryl methyl sites for hydroxylation is 1. The van der Waals surface area contributed by atoms with Crippen molar-refractivity contribution in [3.63, 3.8) is 0 Å². The van der Waals surface area contributed by atoms with E-state index < -0.39 is 40.9 Å². The fourth-order valence-corrected chi connectivity index (χ4v) is 14.2. The normalized spacial score (nSPS) is 21.6. The molecule has 6 aliphatic heterocycles. The van der Waals surface area contributed by atoms with Crippen LogP contribution >= 0.6 is 0 Å². The second-order valence-electron chi connectivity index (χ2n) is 25.0. The van der Waals surface area contributed by atoms with E-state index in [4.69, 9.17) is 14.7 Å². The smallest absolute Gasteiger partial charge is 0.264 e. The molecule has 0 radical (unpaired) electrons. The van der Waals surface area contributed by atoms with Crippen LogP contribution in [-0.4, -0.2) is 140 Å². The fraction of sp³-hybridized carbons (Fsp3) is 0.439. The van der Waals surface area contributed by atoms with Gasteiger partial charge in [0.1, 0.15) is 29.2 Å². The predicted molar refractivity (Wildman–Crippen MR) is 322 cm³/mol. The number of carbonyl (C=O) groups is 7. The number of halogens is 1. The largest absolute Gasteiger partial charge is 0.490 e. The number of benzene rings is 4. The molecule has 19 nitrogen and oxygen atoms in total. The van der Waals surface area contributed by atoms with Crippen molar-refractivity contribution in [2.75, 3.05) is 54.4 Å². The molecule has 13 rings (SSSR count). The summed E-state index contributed by atoms with van der Waals surface area (Å²) in [6, 6.07) is 22.6. The van der Waals surface area contributed by atoms with Gasteiger partial charge in [0.25, 0.3) is 23.6 Å². The minimum atomic E-state index is -1.04. The lowest BCUT2D eigenvalue weighted by Gasteiger charge is -2.48. The monoisotopic (exact) mass is 1170 g/mol. The van der Waals surface area contributed by atoms with E-state index in [1.54, 1.807) is 37.5 Å². The Kier molecular flexibility index (Phi) is 14.7. The minimum Gasteiger partial charge on any atom is -0.490 e. The van der Waals surface area contributed by atoms with E-state index >= 15 is 9.18 Å². The third-order valence-electron chi connectivity index (χ3n) is 18.9. The van der Waals surface area contributed by atoms with Gasteiger partial charge in [0.2, 0.25) is 17.7 Å². The number of nitrogens with zero attached hydrogens (tertiary/aromatic N) is 8. The number of nitrogens with one attached hydrogen (secondary N) is 3. The molecular formula is C66H72FN11O8. The molecule has 4 saturated heterocycles. The number of hydrogen-bond acceptors (Lipinski definition) is 13. The van der Waals surface area contributed by atoms with Gasteiger partial charge in [-0.3, -0.25) is 43.8 Å². The summed E-state index contributed by atoms with van der Waals surface area (Å²) in [7, 11) is 0. The molecular weight excluding hydrogens is 1090 g/mol. The van der Waals surface area contributed by atoms with E-state index in [1.807, 2.05) is 67.5 Å². The Hall–Kier alpha value is -8.52. The first-order valence-electron chi connectivity index (χ1n) is 30.6. The third-order valence-corrected chi connectivity index (χ3v) is 18.9. The summed E-state index contributed by atoms with van der Waals surface area (Å²) in [6.07, 6.45) is 9.33. The van der Waals surface area contributed by atoms with E-state index in [2.05, 4.69) is 42.8 Å². The first kappa shape index (κ1) is 56.6. The van der Waals surface area contributed by atoms with Crippen molar-refractivity contribution in [1.29, 1.82) is 0 Å². The maximum absolute atomic E-state index is 16.0. The second-order valence-corrected chi connectivity index (χ2v) is 25.0. The quantitative estimate of drug-likeness (QED) is 0.0923. The van der Waals surface area contributed by atoms with Crippen LogP contribution in [0.2, 0.25) is 0 Å². The number of aromatic nitrogens is 3. The van der Waals surface area contributed by atoms with Crippen molar-refractivity contribution >= 4 is 75.3 Å². The lowest BCUT2D eigenvalue weighted by Crippen LogP contribution is -2.58. The Morgan fingerprint density at radius 3 is 2.24 bits per heavy atom. The van der Waals surface area contributed by atoms with Crippen molar-refractivity contribution in [3.8, 4) is 17.0 Å². The summed E-state index contributed by atoms with van der Waals surface area (Å²) < 4.78 is 24.4. The Morgan fingerprint density at radius 1 is 0.791 bits per heavy atom. The van der Waals surface area contributed by atoms with Crippen molar-refractivity contribution in [3.05, 3.63) is 124 Å². The zero-order chi connectivity index (χ0) is 59.9. The standard InChI is InChI=1S/C66H72FN11O8/c1-37(2)69-60(80)47-34-51(49(67)30-39(47)5)71-59-58-52(68-36-76(58)38(3)4)35-50(70-59)41-14-17-48-55(31-41)77(43-32-42(33-43)73-24-7-6-8-25-73)65(85)66(48)22-28-75(29-23-66)62(82)40-12-15-44(16-13-40)86-45-20-26-74(27-21-45)53-11-9-10-46-57(53)64(84)78(63(46)83)54-18-19-56(79)72-61(54)81/h9-17,30-31,34-38,42-43,45,54H,6-8,18-29,32-33H2,1-5H3,(H,69,80)(H,70,71)(H,72,79,81). The van der Waals surface area contributed by atoms with Crippen LogP contribution in [0.5, 0.6) is 5.75 Å². The molecule has 86 heavy (non-hydrogen) atoms. The summed E-state index contributed by atoms with van der Waals surface area (Å²) in [5.41, 5.74) is 6.30. The number of pyridine rings is 1. The van der Waals surface area contributed by atoms with Crippen LogP contribution < -0.4 is 30.5 Å². The van der Waals surface area contributed by atoms with Crippen LogP contribution in [0.15, 0.2) is 85.2 Å². The molecule has 1 spiro atoms. The van der Waals surface area contributed by atoms with Gasteiger partial charge in [0, 0.05) is 92.0 Å².